The van der Waals surface area contributed by atoms with Crippen molar-refractivity contribution >= 4 is 0 Å². The number of methoxy groups -OCH3 is 1. The normalized spacial score (nSPS) is 10.9. The number of rotatable bonds is 7. The van der Waals surface area contributed by atoms with Crippen LogP contribution in [0.5, 0.6) is 0 Å². The van der Waals surface area contributed by atoms with Crippen molar-refractivity contribution in [2.75, 3.05) is 20.3 Å². The molecule has 0 bridgehead atoms. The van der Waals surface area contributed by atoms with Crippen LogP contribution < -0.4 is 5.32 Å². The zero-order chi connectivity index (χ0) is 14.4. The molecule has 0 atom stereocenters. The predicted molar refractivity (Wildman–Crippen MR) is 71.3 cm³/mol. The first-order valence-electron chi connectivity index (χ1n) is 6.32. The molecule has 0 unspecified atom stereocenters. The third-order valence-corrected chi connectivity index (χ3v) is 2.76. The van der Waals surface area contributed by atoms with Crippen LogP contribution in [0.25, 0.3) is 0 Å². The van der Waals surface area contributed by atoms with Crippen molar-refractivity contribution in [3.05, 3.63) is 53.6 Å². The van der Waals surface area contributed by atoms with Crippen LogP contribution in [0.1, 0.15) is 11.3 Å². The summed E-state index contributed by atoms with van der Waals surface area (Å²) in [6.07, 6.45) is 3.50. The minimum absolute atomic E-state index is 0.389. The number of imidazole rings is 1. The van der Waals surface area contributed by atoms with Crippen molar-refractivity contribution < 1.29 is 13.5 Å². The maximum Gasteiger partial charge on any atom is 0.126 e. The van der Waals surface area contributed by atoms with E-state index in [1.807, 2.05) is 6.20 Å². The van der Waals surface area contributed by atoms with Crippen LogP contribution in [0, 0.1) is 11.6 Å². The summed E-state index contributed by atoms with van der Waals surface area (Å²) < 4.78 is 32.9. The fourth-order valence-electron chi connectivity index (χ4n) is 1.89. The molecule has 4 nitrogen and oxygen atoms in total. The molecule has 0 saturated carbocycles. The second-order valence-corrected chi connectivity index (χ2v) is 4.48. The lowest BCUT2D eigenvalue weighted by Gasteiger charge is -2.03. The number of ether oxygens (including phenoxy) is 1. The molecule has 1 aromatic carbocycles. The minimum atomic E-state index is -0.568. The Morgan fingerprint density at radius 2 is 2.00 bits per heavy atom. The number of nitrogens with one attached hydrogen (secondary N) is 1. The number of nitrogens with zero attached hydrogens (tertiary/aromatic N) is 2. The first kappa shape index (κ1) is 14.6. The lowest BCUT2D eigenvalue weighted by atomic mass is 10.2. The van der Waals surface area contributed by atoms with Crippen molar-refractivity contribution in [1.29, 1.82) is 0 Å². The fraction of sp³-hybridized carbons (Fsp3) is 0.357. The smallest absolute Gasteiger partial charge is 0.126 e. The van der Waals surface area contributed by atoms with Crippen LogP contribution in [-0.4, -0.2) is 29.8 Å². The maximum atomic E-state index is 13.1. The highest BCUT2D eigenvalue weighted by molar-refractivity contribution is 5.18. The first-order chi connectivity index (χ1) is 9.67. The highest BCUT2D eigenvalue weighted by Crippen LogP contribution is 2.10. The van der Waals surface area contributed by atoms with Gasteiger partial charge in [0.05, 0.1) is 18.6 Å². The molecule has 0 aliphatic carbocycles. The predicted octanol–water partition coefficient (Wildman–Crippen LogP) is 1.95. The molecule has 0 aliphatic heterocycles. The second kappa shape index (κ2) is 7.12. The zero-order valence-electron chi connectivity index (χ0n) is 11.3. The first-order valence-corrected chi connectivity index (χ1v) is 6.32. The maximum absolute atomic E-state index is 13.1. The zero-order valence-corrected chi connectivity index (χ0v) is 11.3. The summed E-state index contributed by atoms with van der Waals surface area (Å²) in [6.45, 7) is 2.41. The van der Waals surface area contributed by atoms with Crippen molar-refractivity contribution in [1.82, 2.24) is 14.9 Å². The van der Waals surface area contributed by atoms with Crippen LogP contribution in [0.15, 0.2) is 30.7 Å². The standard InChI is InChI=1S/C14H17F2N3O/c1-20-3-2-17-7-14-9-19(10-18-14)8-11-4-12(15)6-13(16)5-11/h4-6,9-10,17H,2-3,7-8H2,1H3. The van der Waals surface area contributed by atoms with Gasteiger partial charge >= 0.3 is 0 Å². The number of hydrogen-bond donors (Lipinski definition) is 1. The monoisotopic (exact) mass is 281 g/mol. The Hall–Kier alpha value is -1.79. The van der Waals surface area contributed by atoms with Crippen molar-refractivity contribution in [3.8, 4) is 0 Å². The minimum Gasteiger partial charge on any atom is -0.383 e. The van der Waals surface area contributed by atoms with E-state index < -0.39 is 11.6 Å². The van der Waals surface area contributed by atoms with Gasteiger partial charge in [-0.05, 0) is 17.7 Å². The van der Waals surface area contributed by atoms with Gasteiger partial charge in [-0.15, -0.1) is 0 Å². The molecular formula is C14H17F2N3O. The van der Waals surface area contributed by atoms with Gasteiger partial charge in [-0.25, -0.2) is 13.8 Å². The van der Waals surface area contributed by atoms with Crippen LogP contribution in [0.3, 0.4) is 0 Å². The van der Waals surface area contributed by atoms with Crippen LogP contribution in [0.4, 0.5) is 8.78 Å². The van der Waals surface area contributed by atoms with E-state index in [9.17, 15) is 8.78 Å². The van der Waals surface area contributed by atoms with Crippen molar-refractivity contribution in [2.24, 2.45) is 0 Å². The highest BCUT2D eigenvalue weighted by atomic mass is 19.1. The van der Waals surface area contributed by atoms with Gasteiger partial charge in [0, 0.05) is 39.0 Å². The number of benzene rings is 1. The van der Waals surface area contributed by atoms with Crippen LogP contribution in [-0.2, 0) is 17.8 Å². The quantitative estimate of drug-likeness (QED) is 0.788. The van der Waals surface area contributed by atoms with Gasteiger partial charge in [0.25, 0.3) is 0 Å². The molecule has 2 rings (SSSR count). The van der Waals surface area contributed by atoms with Gasteiger partial charge in [0.15, 0.2) is 0 Å². The molecule has 6 heteroatoms. The van der Waals surface area contributed by atoms with E-state index in [0.717, 1.165) is 18.3 Å². The highest BCUT2D eigenvalue weighted by Gasteiger charge is 2.03. The van der Waals surface area contributed by atoms with Gasteiger partial charge < -0.3 is 14.6 Å². The molecule has 0 fully saturated rings. The Balaban J connectivity index is 1.92. The average molecular weight is 281 g/mol. The third kappa shape index (κ3) is 4.40. The van der Waals surface area contributed by atoms with E-state index in [0.29, 0.717) is 25.3 Å². The summed E-state index contributed by atoms with van der Waals surface area (Å²) in [5.74, 6) is -1.14. The summed E-state index contributed by atoms with van der Waals surface area (Å²) in [5, 5.41) is 3.18. The summed E-state index contributed by atoms with van der Waals surface area (Å²) in [6, 6.07) is 3.50. The Labute approximate surface area is 116 Å². The summed E-state index contributed by atoms with van der Waals surface area (Å²) in [5.41, 5.74) is 1.44. The molecule has 1 N–H and O–H groups in total. The summed E-state index contributed by atoms with van der Waals surface area (Å²) in [4.78, 5) is 4.23. The van der Waals surface area contributed by atoms with E-state index in [4.69, 9.17) is 4.74 Å². The molecule has 0 spiro atoms. The van der Waals surface area contributed by atoms with Crippen molar-refractivity contribution in [3.63, 3.8) is 0 Å². The Kier molecular flexibility index (Phi) is 5.20. The van der Waals surface area contributed by atoms with Crippen LogP contribution >= 0.6 is 0 Å². The van der Waals surface area contributed by atoms with E-state index in [2.05, 4.69) is 10.3 Å². The van der Waals surface area contributed by atoms with Gasteiger partial charge in [-0.2, -0.15) is 0 Å². The van der Waals surface area contributed by atoms with E-state index >= 15 is 0 Å². The van der Waals surface area contributed by atoms with E-state index in [-0.39, 0.29) is 0 Å². The summed E-state index contributed by atoms with van der Waals surface area (Å²) in [7, 11) is 1.65. The lowest BCUT2D eigenvalue weighted by molar-refractivity contribution is 0.199. The van der Waals surface area contributed by atoms with Gasteiger partial charge in [-0.1, -0.05) is 0 Å². The SMILES string of the molecule is COCCNCc1cn(Cc2cc(F)cc(F)c2)cn1. The lowest BCUT2D eigenvalue weighted by Crippen LogP contribution is -2.18. The number of hydrogen-bond acceptors (Lipinski definition) is 3. The fourth-order valence-corrected chi connectivity index (χ4v) is 1.89. The Morgan fingerprint density at radius 3 is 2.70 bits per heavy atom. The molecule has 0 aliphatic rings. The molecule has 2 aromatic rings. The average Bonchev–Trinajstić information content (AvgIpc) is 2.81. The molecule has 108 valence electrons. The topological polar surface area (TPSA) is 39.1 Å². The molecule has 20 heavy (non-hydrogen) atoms. The molecule has 0 radical (unpaired) electrons. The van der Waals surface area contributed by atoms with Gasteiger partial charge in [0.2, 0.25) is 0 Å². The second-order valence-electron chi connectivity index (χ2n) is 4.48. The number of aromatic nitrogens is 2. The molecule has 0 saturated heterocycles. The Morgan fingerprint density at radius 1 is 1.25 bits per heavy atom. The van der Waals surface area contributed by atoms with Gasteiger partial charge in [-0.3, -0.25) is 0 Å². The van der Waals surface area contributed by atoms with E-state index in [1.165, 1.54) is 12.1 Å². The van der Waals surface area contributed by atoms with Crippen LogP contribution in [0.2, 0.25) is 0 Å². The van der Waals surface area contributed by atoms with Crippen molar-refractivity contribution in [2.45, 2.75) is 13.1 Å². The Bertz CT molecular complexity index is 537. The van der Waals surface area contributed by atoms with Gasteiger partial charge in [0.1, 0.15) is 11.6 Å². The van der Waals surface area contributed by atoms with E-state index in [1.54, 1.807) is 18.0 Å². The molecule has 0 amide bonds. The largest absolute Gasteiger partial charge is 0.383 e. The number of halogens is 2. The third-order valence-electron chi connectivity index (χ3n) is 2.76. The summed E-state index contributed by atoms with van der Waals surface area (Å²) >= 11 is 0. The molecule has 1 heterocycles. The molecular weight excluding hydrogens is 264 g/mol. The molecule has 1 aromatic heterocycles.